The van der Waals surface area contributed by atoms with E-state index in [4.69, 9.17) is 4.74 Å². The number of methoxy groups -OCH3 is 1. The van der Waals surface area contributed by atoms with Crippen LogP contribution in [0.5, 0.6) is 0 Å². The van der Waals surface area contributed by atoms with Crippen molar-refractivity contribution >= 4 is 27.0 Å². The number of nitrogens with zero attached hydrogens (tertiary/aromatic N) is 1. The molecule has 0 aliphatic heterocycles. The average Bonchev–Trinajstić information content (AvgIpc) is 2.59. The molecule has 1 heterocycles. The van der Waals surface area contributed by atoms with Crippen LogP contribution in [0, 0.1) is 0 Å². The van der Waals surface area contributed by atoms with E-state index in [9.17, 15) is 22.8 Å². The van der Waals surface area contributed by atoms with Crippen LogP contribution in [0.2, 0.25) is 0 Å². The lowest BCUT2D eigenvalue weighted by Gasteiger charge is -2.21. The fraction of sp³-hybridized carbons (Fsp3) is 0.400. The van der Waals surface area contributed by atoms with E-state index in [-0.39, 0.29) is 15.9 Å². The topological polar surface area (TPSA) is 141 Å². The number of aromatic nitrogens is 2. The number of H-pyrrole nitrogens is 2. The smallest absolute Gasteiger partial charge is 0.314 e. The van der Waals surface area contributed by atoms with Crippen LogP contribution in [0.3, 0.4) is 0 Å². The quantitative estimate of drug-likeness (QED) is 0.522. The Kier molecular flexibility index (Phi) is 5.95. The molecular formula is C15H20N4O6S. The first kappa shape index (κ1) is 19.8. The first-order chi connectivity index (χ1) is 12.2. The van der Waals surface area contributed by atoms with Gasteiger partial charge in [0.1, 0.15) is 0 Å². The van der Waals surface area contributed by atoms with Gasteiger partial charge < -0.3 is 19.6 Å². The molecule has 2 rings (SSSR count). The number of hydrogen-bond donors (Lipinski definition) is 3. The summed E-state index contributed by atoms with van der Waals surface area (Å²) < 4.78 is 32.2. The molecule has 0 saturated carbocycles. The maximum atomic E-state index is 12.5. The summed E-state index contributed by atoms with van der Waals surface area (Å²) in [5.74, 6) is -0.413. The van der Waals surface area contributed by atoms with Gasteiger partial charge in [0.05, 0.1) is 28.6 Å². The van der Waals surface area contributed by atoms with E-state index >= 15 is 0 Å². The molecule has 1 aromatic carbocycles. The fourth-order valence-corrected chi connectivity index (χ4v) is 3.50. The summed E-state index contributed by atoms with van der Waals surface area (Å²) >= 11 is 0. The van der Waals surface area contributed by atoms with E-state index in [0.717, 1.165) is 0 Å². The average molecular weight is 384 g/mol. The van der Waals surface area contributed by atoms with Crippen molar-refractivity contribution in [2.45, 2.75) is 17.9 Å². The van der Waals surface area contributed by atoms with Gasteiger partial charge in [-0.25, -0.2) is 8.42 Å². The number of amides is 1. The molecule has 3 N–H and O–H groups in total. The highest BCUT2D eigenvalue weighted by molar-refractivity contribution is 7.89. The Balaban J connectivity index is 2.25. The molecule has 1 atom stereocenters. The number of sulfonamides is 1. The maximum absolute atomic E-state index is 12.5. The molecule has 1 amide bonds. The first-order valence-electron chi connectivity index (χ1n) is 7.68. The van der Waals surface area contributed by atoms with Crippen molar-refractivity contribution in [2.24, 2.45) is 0 Å². The lowest BCUT2D eigenvalue weighted by atomic mass is 10.3. The van der Waals surface area contributed by atoms with E-state index in [1.54, 1.807) is 7.05 Å². The van der Waals surface area contributed by atoms with Gasteiger partial charge in [-0.2, -0.15) is 4.72 Å². The highest BCUT2D eigenvalue weighted by Crippen LogP contribution is 2.15. The molecule has 0 saturated heterocycles. The van der Waals surface area contributed by atoms with Gasteiger partial charge in [0.25, 0.3) is 0 Å². The number of nitrogens with one attached hydrogen (secondary N) is 3. The van der Waals surface area contributed by atoms with Gasteiger partial charge in [0, 0.05) is 20.7 Å². The number of carbonyl (C=O) groups excluding carboxylic acids is 1. The number of likely N-dealkylation sites (N-methyl/N-ethyl adjacent to an activating group) is 1. The van der Waals surface area contributed by atoms with Crippen molar-refractivity contribution in [3.05, 3.63) is 38.9 Å². The zero-order valence-electron chi connectivity index (χ0n) is 14.5. The third kappa shape index (κ3) is 4.36. The molecule has 0 aliphatic carbocycles. The van der Waals surface area contributed by atoms with Crippen LogP contribution in [-0.2, 0) is 19.6 Å². The van der Waals surface area contributed by atoms with Gasteiger partial charge >= 0.3 is 11.1 Å². The molecule has 26 heavy (non-hydrogen) atoms. The predicted octanol–water partition coefficient (Wildman–Crippen LogP) is -1.01. The van der Waals surface area contributed by atoms with Crippen LogP contribution >= 0.6 is 0 Å². The molecule has 11 heteroatoms. The van der Waals surface area contributed by atoms with Crippen molar-refractivity contribution in [2.75, 3.05) is 27.3 Å². The standard InChI is InChI=1S/C15H20N4O6S/c1-9(15(22)19(2)6-7-25-3)18-26(23,24)10-4-5-11-12(8-10)17-14(21)13(20)16-11/h4-5,8-9,18H,6-7H2,1-3H3,(H,16,20)(H,17,21). The number of aromatic amines is 2. The number of hydrogen-bond acceptors (Lipinski definition) is 6. The fourth-order valence-electron chi connectivity index (χ4n) is 2.28. The lowest BCUT2D eigenvalue weighted by Crippen LogP contribution is -2.46. The predicted molar refractivity (Wildman–Crippen MR) is 94.5 cm³/mol. The summed E-state index contributed by atoms with van der Waals surface area (Å²) in [7, 11) is -0.969. The van der Waals surface area contributed by atoms with Crippen LogP contribution in [-0.4, -0.2) is 62.5 Å². The molecule has 0 aliphatic rings. The van der Waals surface area contributed by atoms with E-state index in [0.29, 0.717) is 13.2 Å². The number of benzene rings is 1. The van der Waals surface area contributed by atoms with Crippen molar-refractivity contribution in [3.63, 3.8) is 0 Å². The van der Waals surface area contributed by atoms with Crippen molar-refractivity contribution < 1.29 is 17.9 Å². The maximum Gasteiger partial charge on any atom is 0.314 e. The number of fused-ring (bicyclic) bond motifs is 1. The SMILES string of the molecule is COCCN(C)C(=O)C(C)NS(=O)(=O)c1ccc2[nH]c(=O)c(=O)[nH]c2c1. The van der Waals surface area contributed by atoms with Crippen LogP contribution in [0.25, 0.3) is 11.0 Å². The molecule has 10 nitrogen and oxygen atoms in total. The summed E-state index contributed by atoms with van der Waals surface area (Å²) in [5, 5.41) is 0. The zero-order valence-corrected chi connectivity index (χ0v) is 15.3. The highest BCUT2D eigenvalue weighted by Gasteiger charge is 2.24. The van der Waals surface area contributed by atoms with Crippen LogP contribution < -0.4 is 15.8 Å². The largest absolute Gasteiger partial charge is 0.383 e. The molecule has 0 radical (unpaired) electrons. The Hall–Kier alpha value is -2.50. The molecule has 2 aromatic rings. The second kappa shape index (κ2) is 7.81. The van der Waals surface area contributed by atoms with Crippen LogP contribution in [0.4, 0.5) is 0 Å². The van der Waals surface area contributed by atoms with Gasteiger partial charge in [-0.1, -0.05) is 0 Å². The number of carbonyl (C=O) groups is 1. The summed E-state index contributed by atoms with van der Waals surface area (Å²) in [6.07, 6.45) is 0. The number of rotatable bonds is 7. The molecule has 1 aromatic heterocycles. The Labute approximate surface area is 149 Å². The van der Waals surface area contributed by atoms with E-state index in [1.165, 1.54) is 37.1 Å². The second-order valence-corrected chi connectivity index (χ2v) is 7.43. The third-order valence-electron chi connectivity index (χ3n) is 3.71. The van der Waals surface area contributed by atoms with E-state index in [2.05, 4.69) is 14.7 Å². The van der Waals surface area contributed by atoms with Gasteiger partial charge in [0.2, 0.25) is 15.9 Å². The summed E-state index contributed by atoms with van der Waals surface area (Å²) in [5.41, 5.74) is -1.27. The molecule has 0 bridgehead atoms. The van der Waals surface area contributed by atoms with Gasteiger partial charge in [-0.15, -0.1) is 0 Å². The molecule has 142 valence electrons. The first-order valence-corrected chi connectivity index (χ1v) is 9.16. The summed E-state index contributed by atoms with van der Waals surface area (Å²) in [6, 6.07) is 2.84. The summed E-state index contributed by atoms with van der Waals surface area (Å²) in [6.45, 7) is 2.09. The summed E-state index contributed by atoms with van der Waals surface area (Å²) in [4.78, 5) is 40.8. The van der Waals surface area contributed by atoms with E-state index in [1.807, 2.05) is 0 Å². The zero-order chi connectivity index (χ0) is 19.5. The molecular weight excluding hydrogens is 364 g/mol. The minimum atomic E-state index is -4.02. The Morgan fingerprint density at radius 2 is 1.85 bits per heavy atom. The van der Waals surface area contributed by atoms with Crippen LogP contribution in [0.15, 0.2) is 32.7 Å². The van der Waals surface area contributed by atoms with Gasteiger partial charge in [0.15, 0.2) is 0 Å². The molecule has 1 unspecified atom stereocenters. The minimum absolute atomic E-state index is 0.146. The van der Waals surface area contributed by atoms with E-state index < -0.39 is 33.1 Å². The van der Waals surface area contributed by atoms with Gasteiger partial charge in [-0.05, 0) is 25.1 Å². The lowest BCUT2D eigenvalue weighted by molar-refractivity contribution is -0.131. The Bertz CT molecular complexity index is 1030. The monoisotopic (exact) mass is 384 g/mol. The van der Waals surface area contributed by atoms with Crippen molar-refractivity contribution in [1.29, 1.82) is 0 Å². The second-order valence-electron chi connectivity index (χ2n) is 5.71. The Morgan fingerprint density at radius 3 is 2.46 bits per heavy atom. The highest BCUT2D eigenvalue weighted by atomic mass is 32.2. The molecule has 0 spiro atoms. The normalized spacial score (nSPS) is 12.9. The van der Waals surface area contributed by atoms with Gasteiger partial charge in [-0.3, -0.25) is 14.4 Å². The van der Waals surface area contributed by atoms with Crippen molar-refractivity contribution in [1.82, 2.24) is 19.6 Å². The minimum Gasteiger partial charge on any atom is -0.383 e. The molecule has 0 fully saturated rings. The Morgan fingerprint density at radius 1 is 1.23 bits per heavy atom. The third-order valence-corrected chi connectivity index (χ3v) is 5.25. The van der Waals surface area contributed by atoms with Crippen LogP contribution in [0.1, 0.15) is 6.92 Å². The number of ether oxygens (including phenoxy) is 1. The van der Waals surface area contributed by atoms with Crippen molar-refractivity contribution in [3.8, 4) is 0 Å².